The highest BCUT2D eigenvalue weighted by Crippen LogP contribution is 2.28. The summed E-state index contributed by atoms with van der Waals surface area (Å²) in [5.41, 5.74) is -0.00938. The molecule has 0 heterocycles. The molecule has 0 spiro atoms. The van der Waals surface area contributed by atoms with Gasteiger partial charge in [-0.2, -0.15) is 0 Å². The van der Waals surface area contributed by atoms with Crippen LogP contribution in [0, 0.1) is 11.7 Å². The van der Waals surface area contributed by atoms with Gasteiger partial charge in [0.25, 0.3) is 5.91 Å². The molecule has 0 unspecified atom stereocenters. The van der Waals surface area contributed by atoms with E-state index in [1.165, 1.54) is 23.1 Å². The largest absolute Gasteiger partial charge is 0.393 e. The predicted molar refractivity (Wildman–Crippen MR) is 67.1 cm³/mol. The van der Waals surface area contributed by atoms with E-state index in [1.807, 2.05) is 0 Å². The lowest BCUT2D eigenvalue weighted by atomic mass is 9.82. The molecule has 5 heteroatoms. The van der Waals surface area contributed by atoms with Gasteiger partial charge in [0.1, 0.15) is 5.82 Å². The van der Waals surface area contributed by atoms with E-state index in [4.69, 9.17) is 11.6 Å². The van der Waals surface area contributed by atoms with Crippen LogP contribution in [-0.4, -0.2) is 35.6 Å². The van der Waals surface area contributed by atoms with E-state index in [0.717, 1.165) is 0 Å². The van der Waals surface area contributed by atoms with Crippen molar-refractivity contribution >= 4 is 17.5 Å². The monoisotopic (exact) mass is 271 g/mol. The Bertz CT molecular complexity index is 460. The van der Waals surface area contributed by atoms with Crippen molar-refractivity contribution in [2.45, 2.75) is 18.9 Å². The molecule has 0 radical (unpaired) electrons. The summed E-state index contributed by atoms with van der Waals surface area (Å²) in [6.07, 6.45) is 1.16. The highest BCUT2D eigenvalue weighted by Gasteiger charge is 2.29. The van der Waals surface area contributed by atoms with Crippen molar-refractivity contribution in [2.24, 2.45) is 5.92 Å². The summed E-state index contributed by atoms with van der Waals surface area (Å²) in [5, 5.41) is 9.53. The maximum atomic E-state index is 13.5. The number of amides is 1. The van der Waals surface area contributed by atoms with Crippen LogP contribution in [0.15, 0.2) is 18.2 Å². The maximum Gasteiger partial charge on any atom is 0.256 e. The number of rotatable bonds is 3. The summed E-state index contributed by atoms with van der Waals surface area (Å²) >= 11 is 5.76. The van der Waals surface area contributed by atoms with Crippen molar-refractivity contribution in [2.75, 3.05) is 13.6 Å². The van der Waals surface area contributed by atoms with E-state index >= 15 is 0 Å². The molecule has 1 amide bonds. The molecule has 1 aliphatic carbocycles. The molecule has 3 nitrogen and oxygen atoms in total. The predicted octanol–water partition coefficient (Wildman–Crippen LogP) is 2.32. The lowest BCUT2D eigenvalue weighted by Crippen LogP contribution is -2.39. The van der Waals surface area contributed by atoms with E-state index in [0.29, 0.717) is 30.3 Å². The van der Waals surface area contributed by atoms with Crippen molar-refractivity contribution < 1.29 is 14.3 Å². The Morgan fingerprint density at radius 1 is 1.56 bits per heavy atom. The molecule has 1 aliphatic rings. The highest BCUT2D eigenvalue weighted by molar-refractivity contribution is 6.30. The summed E-state index contributed by atoms with van der Waals surface area (Å²) in [4.78, 5) is 13.5. The van der Waals surface area contributed by atoms with Crippen LogP contribution >= 0.6 is 11.6 Å². The Hall–Kier alpha value is -1.13. The average molecular weight is 272 g/mol. The number of carbonyl (C=O) groups is 1. The Morgan fingerprint density at radius 2 is 2.22 bits per heavy atom. The first-order valence-electron chi connectivity index (χ1n) is 5.86. The molecule has 1 aromatic carbocycles. The minimum absolute atomic E-state index is 0.00938. The second-order valence-electron chi connectivity index (χ2n) is 4.80. The van der Waals surface area contributed by atoms with E-state index in [9.17, 15) is 14.3 Å². The zero-order valence-electron chi connectivity index (χ0n) is 10.1. The molecular formula is C13H15ClFNO2. The summed E-state index contributed by atoms with van der Waals surface area (Å²) < 4.78 is 13.5. The summed E-state index contributed by atoms with van der Waals surface area (Å²) in [7, 11) is 1.63. The van der Waals surface area contributed by atoms with Crippen LogP contribution in [0.3, 0.4) is 0 Å². The highest BCUT2D eigenvalue weighted by atomic mass is 35.5. The number of aliphatic hydroxyl groups excluding tert-OH is 1. The summed E-state index contributed by atoms with van der Waals surface area (Å²) in [5.74, 6) is -0.641. The Morgan fingerprint density at radius 3 is 2.83 bits per heavy atom. The van der Waals surface area contributed by atoms with Crippen molar-refractivity contribution in [3.05, 3.63) is 34.6 Å². The zero-order chi connectivity index (χ0) is 13.3. The van der Waals surface area contributed by atoms with Gasteiger partial charge in [-0.05, 0) is 37.0 Å². The van der Waals surface area contributed by atoms with Gasteiger partial charge >= 0.3 is 0 Å². The van der Waals surface area contributed by atoms with Gasteiger partial charge in [0, 0.05) is 18.6 Å². The van der Waals surface area contributed by atoms with Crippen molar-refractivity contribution in [1.29, 1.82) is 0 Å². The molecule has 1 N–H and O–H groups in total. The molecule has 1 saturated carbocycles. The molecule has 1 aromatic rings. The normalized spacial score (nSPS) is 22.4. The number of hydrogen-bond acceptors (Lipinski definition) is 2. The first-order valence-corrected chi connectivity index (χ1v) is 6.23. The van der Waals surface area contributed by atoms with Crippen LogP contribution in [0.25, 0.3) is 0 Å². The molecule has 18 heavy (non-hydrogen) atoms. The van der Waals surface area contributed by atoms with Crippen LogP contribution < -0.4 is 0 Å². The van der Waals surface area contributed by atoms with Crippen LogP contribution in [0.5, 0.6) is 0 Å². The van der Waals surface area contributed by atoms with Gasteiger partial charge in [0.15, 0.2) is 0 Å². The third kappa shape index (κ3) is 2.82. The van der Waals surface area contributed by atoms with Crippen molar-refractivity contribution in [3.8, 4) is 0 Å². The standard InChI is InChI=1S/C13H15ClFNO2/c1-16(7-8-4-10(17)5-8)13(18)11-6-9(14)2-3-12(11)15/h2-3,6,8,10,17H,4-5,7H2,1H3. The van der Waals surface area contributed by atoms with Gasteiger partial charge < -0.3 is 10.0 Å². The van der Waals surface area contributed by atoms with Gasteiger partial charge in [-0.15, -0.1) is 0 Å². The van der Waals surface area contributed by atoms with Crippen LogP contribution in [0.4, 0.5) is 4.39 Å². The van der Waals surface area contributed by atoms with Gasteiger partial charge in [-0.25, -0.2) is 4.39 Å². The fourth-order valence-corrected chi connectivity index (χ4v) is 2.36. The Kier molecular flexibility index (Phi) is 3.88. The lowest BCUT2D eigenvalue weighted by Gasteiger charge is -2.34. The minimum atomic E-state index is -0.565. The van der Waals surface area contributed by atoms with Gasteiger partial charge in [-0.3, -0.25) is 4.79 Å². The van der Waals surface area contributed by atoms with Crippen molar-refractivity contribution in [1.82, 2.24) is 4.90 Å². The topological polar surface area (TPSA) is 40.5 Å². The van der Waals surface area contributed by atoms with Gasteiger partial charge in [0.05, 0.1) is 11.7 Å². The third-order valence-corrected chi connectivity index (χ3v) is 3.48. The fraction of sp³-hybridized carbons (Fsp3) is 0.462. The first-order chi connectivity index (χ1) is 8.47. The molecule has 0 atom stereocenters. The number of halogens is 2. The minimum Gasteiger partial charge on any atom is -0.393 e. The zero-order valence-corrected chi connectivity index (χ0v) is 10.8. The fourth-order valence-electron chi connectivity index (χ4n) is 2.19. The second-order valence-corrected chi connectivity index (χ2v) is 5.24. The average Bonchev–Trinajstić information content (AvgIpc) is 2.29. The number of hydrogen-bond donors (Lipinski definition) is 1. The smallest absolute Gasteiger partial charge is 0.256 e. The van der Waals surface area contributed by atoms with E-state index in [-0.39, 0.29) is 17.6 Å². The molecule has 0 aliphatic heterocycles. The maximum absolute atomic E-state index is 13.5. The van der Waals surface area contributed by atoms with Crippen LogP contribution in [-0.2, 0) is 0 Å². The molecule has 98 valence electrons. The molecule has 1 fully saturated rings. The second kappa shape index (κ2) is 5.24. The van der Waals surface area contributed by atoms with Gasteiger partial charge in [-0.1, -0.05) is 11.6 Å². The molecule has 0 bridgehead atoms. The molecular weight excluding hydrogens is 257 g/mol. The van der Waals surface area contributed by atoms with Gasteiger partial charge in [0.2, 0.25) is 0 Å². The Labute approximate surface area is 110 Å². The summed E-state index contributed by atoms with van der Waals surface area (Å²) in [6, 6.07) is 3.94. The number of nitrogens with zero attached hydrogens (tertiary/aromatic N) is 1. The van der Waals surface area contributed by atoms with Crippen molar-refractivity contribution in [3.63, 3.8) is 0 Å². The number of aliphatic hydroxyl groups is 1. The lowest BCUT2D eigenvalue weighted by molar-refractivity contribution is 0.0264. The van der Waals surface area contributed by atoms with E-state index in [1.54, 1.807) is 7.05 Å². The Balaban J connectivity index is 2.03. The molecule has 0 aromatic heterocycles. The molecule has 2 rings (SSSR count). The molecule has 0 saturated heterocycles. The number of benzene rings is 1. The SMILES string of the molecule is CN(CC1CC(O)C1)C(=O)c1cc(Cl)ccc1F. The third-order valence-electron chi connectivity index (χ3n) is 3.25. The quantitative estimate of drug-likeness (QED) is 0.917. The van der Waals surface area contributed by atoms with Crippen LogP contribution in [0.1, 0.15) is 23.2 Å². The summed E-state index contributed by atoms with van der Waals surface area (Å²) in [6.45, 7) is 0.530. The first kappa shape index (κ1) is 13.3. The van der Waals surface area contributed by atoms with E-state index < -0.39 is 5.82 Å². The number of carbonyl (C=O) groups excluding carboxylic acids is 1. The van der Waals surface area contributed by atoms with Crippen LogP contribution in [0.2, 0.25) is 5.02 Å². The van der Waals surface area contributed by atoms with E-state index in [2.05, 4.69) is 0 Å².